The number of aromatic nitrogens is 4. The average molecular weight is 861 g/mol. The van der Waals surface area contributed by atoms with Gasteiger partial charge in [0, 0.05) is 18.0 Å². The van der Waals surface area contributed by atoms with Crippen LogP contribution in [0.3, 0.4) is 0 Å². The predicted molar refractivity (Wildman–Crippen MR) is 237 cm³/mol. The Kier molecular flexibility index (Phi) is 11.3. The summed E-state index contributed by atoms with van der Waals surface area (Å²) in [5.41, 5.74) is 9.40. The monoisotopic (exact) mass is 860 g/mol. The van der Waals surface area contributed by atoms with Crippen molar-refractivity contribution in [3.8, 4) is 32.1 Å². The molecule has 2 aromatic carbocycles. The number of alkyl carbamates (subject to hydrolysis) is 2. The van der Waals surface area contributed by atoms with E-state index in [1.807, 2.05) is 43.7 Å². The van der Waals surface area contributed by atoms with E-state index in [1.165, 1.54) is 60.6 Å². The molecule has 15 heteroatoms. The largest absolute Gasteiger partial charge is 0.453 e. The Bertz CT molecular complexity index is 2520. The lowest BCUT2D eigenvalue weighted by Gasteiger charge is -2.30. The first-order valence-electron chi connectivity index (χ1n) is 22.1. The van der Waals surface area contributed by atoms with Gasteiger partial charge in [-0.05, 0) is 121 Å². The summed E-state index contributed by atoms with van der Waals surface area (Å²) < 4.78 is 9.62. The van der Waals surface area contributed by atoms with Gasteiger partial charge >= 0.3 is 12.2 Å². The summed E-state index contributed by atoms with van der Waals surface area (Å²) in [6.07, 6.45) is 7.52. The molecule has 4 aliphatic rings. The number of carbonyl (C=O) groups is 4. The SMILES string of the molecule is COC(=O)N[C@H](C(=O)N1CCCC1c1nc2ccc(-c3ccc(-c4ccc(-c5cnc([C@@H]6CCCN6C(=O)[C@@H](NC(=O)OC)C(C)C)[nH]5)s4)c4c3C3CCC4C3)cc2[nH]1)C(C)C. The zero-order valence-corrected chi connectivity index (χ0v) is 37.1. The third kappa shape index (κ3) is 7.51. The molecule has 4 N–H and O–H groups in total. The maximum atomic E-state index is 13.8. The topological polar surface area (TPSA) is 175 Å². The van der Waals surface area contributed by atoms with Gasteiger partial charge in [0.15, 0.2) is 0 Å². The molecule has 0 spiro atoms. The first-order chi connectivity index (χ1) is 29.9. The lowest BCUT2D eigenvalue weighted by molar-refractivity contribution is -0.136. The number of likely N-dealkylation sites (tertiary alicyclic amines) is 2. The number of hydrogen-bond acceptors (Lipinski definition) is 9. The van der Waals surface area contributed by atoms with Crippen molar-refractivity contribution in [1.82, 2.24) is 40.4 Å². The Hall–Kier alpha value is -5.70. The van der Waals surface area contributed by atoms with Gasteiger partial charge in [-0.2, -0.15) is 0 Å². The second-order valence-corrected chi connectivity index (χ2v) is 19.1. The van der Waals surface area contributed by atoms with Crippen LogP contribution in [0.4, 0.5) is 9.59 Å². The van der Waals surface area contributed by atoms with E-state index in [1.54, 1.807) is 11.3 Å². The minimum absolute atomic E-state index is 0.102. The van der Waals surface area contributed by atoms with E-state index in [0.29, 0.717) is 24.9 Å². The van der Waals surface area contributed by atoms with Gasteiger partial charge in [0.05, 0.1) is 54.1 Å². The van der Waals surface area contributed by atoms with Gasteiger partial charge in [0.2, 0.25) is 11.8 Å². The van der Waals surface area contributed by atoms with Gasteiger partial charge < -0.3 is 39.9 Å². The van der Waals surface area contributed by atoms with Gasteiger partial charge in [0.1, 0.15) is 23.7 Å². The lowest BCUT2D eigenvalue weighted by atomic mass is 9.83. The summed E-state index contributed by atoms with van der Waals surface area (Å²) >= 11 is 1.76. The standard InChI is InChI=1S/C47H56N8O6S/c1-24(2)40(52-46(58)60-5)44(56)54-19-7-9-34(54)42-48-23-33(51-42)37-18-17-36(62-37)30-15-14-29(38-27-11-12-28(21-27)39(30)38)26-13-16-31-32(22-26)50-43(49-31)35-10-8-20-55(35)45(57)41(25(3)4)53-47(59)61-6/h13-18,22-25,27-28,34-35,40-41H,7-12,19-21H2,1-6H3,(H,48,51)(H,49,50)(H,52,58)(H,53,59)/t27?,28?,34-,35?,40-,41-/m0/s1. The molecule has 6 atom stereocenters. The second kappa shape index (κ2) is 16.9. The maximum Gasteiger partial charge on any atom is 0.407 e. The van der Waals surface area contributed by atoms with Crippen molar-refractivity contribution in [3.63, 3.8) is 0 Å². The number of aromatic amines is 2. The molecular formula is C47H56N8O6S. The van der Waals surface area contributed by atoms with Crippen LogP contribution in [-0.2, 0) is 19.1 Å². The van der Waals surface area contributed by atoms with Gasteiger partial charge in [-0.1, -0.05) is 45.9 Å². The molecule has 62 heavy (non-hydrogen) atoms. The molecule has 2 bridgehead atoms. The highest BCUT2D eigenvalue weighted by atomic mass is 32.1. The number of fused-ring (bicyclic) bond motifs is 6. The Morgan fingerprint density at radius 1 is 0.726 bits per heavy atom. The van der Waals surface area contributed by atoms with Crippen LogP contribution in [0.25, 0.3) is 43.2 Å². The zero-order chi connectivity index (χ0) is 43.4. The number of amides is 4. The second-order valence-electron chi connectivity index (χ2n) is 18.0. The van der Waals surface area contributed by atoms with Crippen LogP contribution in [0.2, 0.25) is 0 Å². The van der Waals surface area contributed by atoms with E-state index in [-0.39, 0.29) is 35.7 Å². The van der Waals surface area contributed by atoms with E-state index in [4.69, 9.17) is 19.4 Å². The molecule has 4 amide bonds. The fourth-order valence-electron chi connectivity index (χ4n) is 10.5. The van der Waals surface area contributed by atoms with Crippen molar-refractivity contribution in [2.75, 3.05) is 27.3 Å². The van der Waals surface area contributed by atoms with Crippen LogP contribution < -0.4 is 10.6 Å². The van der Waals surface area contributed by atoms with Crippen molar-refractivity contribution in [2.45, 2.75) is 109 Å². The Labute approximate surface area is 365 Å². The molecule has 2 saturated heterocycles. The minimum atomic E-state index is -0.687. The van der Waals surface area contributed by atoms with Crippen molar-refractivity contribution in [3.05, 3.63) is 71.4 Å². The number of nitrogens with zero attached hydrogens (tertiary/aromatic N) is 4. The van der Waals surface area contributed by atoms with Gasteiger partial charge in [0.25, 0.3) is 0 Å². The highest BCUT2D eigenvalue weighted by Gasteiger charge is 2.42. The molecule has 3 fully saturated rings. The first kappa shape index (κ1) is 41.6. The number of ether oxygens (including phenoxy) is 2. The highest BCUT2D eigenvalue weighted by Crippen LogP contribution is 2.59. The Morgan fingerprint density at radius 2 is 1.31 bits per heavy atom. The number of methoxy groups -OCH3 is 2. The molecule has 3 unspecified atom stereocenters. The Morgan fingerprint density at radius 3 is 1.92 bits per heavy atom. The normalized spacial score (nSPS) is 21.5. The van der Waals surface area contributed by atoms with E-state index < -0.39 is 24.3 Å². The Balaban J connectivity index is 0.962. The number of benzene rings is 2. The van der Waals surface area contributed by atoms with E-state index in [0.717, 1.165) is 64.5 Å². The molecule has 2 aliphatic heterocycles. The molecule has 326 valence electrons. The molecule has 0 radical (unpaired) electrons. The molecule has 5 aromatic rings. The van der Waals surface area contributed by atoms with Crippen LogP contribution in [0.1, 0.15) is 119 Å². The first-order valence-corrected chi connectivity index (χ1v) is 22.9. The molecule has 9 rings (SSSR count). The number of rotatable bonds is 11. The zero-order valence-electron chi connectivity index (χ0n) is 36.2. The predicted octanol–water partition coefficient (Wildman–Crippen LogP) is 8.80. The van der Waals surface area contributed by atoms with Crippen LogP contribution >= 0.6 is 11.3 Å². The number of H-pyrrole nitrogens is 2. The summed E-state index contributed by atoms with van der Waals surface area (Å²) in [7, 11) is 2.61. The molecular weight excluding hydrogens is 805 g/mol. The van der Waals surface area contributed by atoms with Crippen molar-refractivity contribution in [1.29, 1.82) is 0 Å². The fraction of sp³-hybridized carbons (Fsp3) is 0.489. The summed E-state index contributed by atoms with van der Waals surface area (Å²) in [6.45, 7) is 8.89. The molecule has 3 aromatic heterocycles. The van der Waals surface area contributed by atoms with Gasteiger partial charge in [-0.25, -0.2) is 19.6 Å². The molecule has 2 aliphatic carbocycles. The molecule has 14 nitrogen and oxygen atoms in total. The number of imidazole rings is 2. The van der Waals surface area contributed by atoms with Crippen LogP contribution in [-0.4, -0.2) is 93.1 Å². The van der Waals surface area contributed by atoms with E-state index >= 15 is 0 Å². The summed E-state index contributed by atoms with van der Waals surface area (Å²) in [6, 6.07) is 13.7. The van der Waals surface area contributed by atoms with Gasteiger partial charge in [-0.3, -0.25) is 9.59 Å². The summed E-state index contributed by atoms with van der Waals surface area (Å²) in [5.74, 6) is 2.12. The third-order valence-electron chi connectivity index (χ3n) is 13.6. The summed E-state index contributed by atoms with van der Waals surface area (Å²) in [5, 5.41) is 5.47. The fourth-order valence-corrected chi connectivity index (χ4v) is 11.5. The molecule has 1 saturated carbocycles. The van der Waals surface area contributed by atoms with Crippen molar-refractivity contribution >= 4 is 46.4 Å². The minimum Gasteiger partial charge on any atom is -0.453 e. The van der Waals surface area contributed by atoms with Crippen molar-refractivity contribution in [2.24, 2.45) is 11.8 Å². The number of hydrogen-bond donors (Lipinski definition) is 4. The summed E-state index contributed by atoms with van der Waals surface area (Å²) in [4.78, 5) is 74.6. The van der Waals surface area contributed by atoms with Crippen LogP contribution in [0, 0.1) is 11.8 Å². The number of nitrogens with one attached hydrogen (secondary N) is 4. The maximum absolute atomic E-state index is 13.8. The third-order valence-corrected chi connectivity index (χ3v) is 14.7. The van der Waals surface area contributed by atoms with Crippen molar-refractivity contribution < 1.29 is 28.7 Å². The van der Waals surface area contributed by atoms with E-state index in [9.17, 15) is 19.2 Å². The van der Waals surface area contributed by atoms with Gasteiger partial charge in [-0.15, -0.1) is 11.3 Å². The quantitative estimate of drug-likeness (QED) is 0.102. The average Bonchev–Trinajstić information content (AvgIpc) is 4.12. The number of thiophene rings is 1. The number of carbonyl (C=O) groups excluding carboxylic acids is 4. The smallest absolute Gasteiger partial charge is 0.407 e. The lowest BCUT2D eigenvalue weighted by Crippen LogP contribution is -2.51. The van der Waals surface area contributed by atoms with Crippen LogP contribution in [0.15, 0.2) is 48.7 Å². The highest BCUT2D eigenvalue weighted by molar-refractivity contribution is 7.18. The van der Waals surface area contributed by atoms with E-state index in [2.05, 4.69) is 63.1 Å². The van der Waals surface area contributed by atoms with Crippen LogP contribution in [0.5, 0.6) is 0 Å². The molecule has 5 heterocycles.